The van der Waals surface area contributed by atoms with Gasteiger partial charge in [0.05, 0.1) is 12.1 Å². The monoisotopic (exact) mass is 427 g/mol. The quantitative estimate of drug-likeness (QED) is 0.434. The van der Waals surface area contributed by atoms with Crippen LogP contribution < -0.4 is 15.8 Å². The molecular weight excluding hydrogens is 409 g/mol. The van der Waals surface area contributed by atoms with Crippen molar-refractivity contribution in [3.8, 4) is 5.75 Å². The average Bonchev–Trinajstić information content (AvgIpc) is 2.71. The summed E-state index contributed by atoms with van der Waals surface area (Å²) in [5.41, 5.74) is 8.04. The van der Waals surface area contributed by atoms with Gasteiger partial charge < -0.3 is 10.5 Å². The van der Waals surface area contributed by atoms with Gasteiger partial charge in [-0.3, -0.25) is 10.1 Å². The van der Waals surface area contributed by atoms with Gasteiger partial charge in [-0.05, 0) is 47.5 Å². The Kier molecular flexibility index (Phi) is 7.11. The fourth-order valence-electron chi connectivity index (χ4n) is 2.57. The molecule has 0 aliphatic heterocycles. The molecule has 1 amide bonds. The molecule has 0 unspecified atom stereocenters. The maximum atomic E-state index is 12.2. The van der Waals surface area contributed by atoms with E-state index in [4.69, 9.17) is 33.7 Å². The van der Waals surface area contributed by atoms with E-state index in [9.17, 15) is 4.79 Å². The van der Waals surface area contributed by atoms with Crippen molar-refractivity contribution < 1.29 is 9.53 Å². The van der Waals surface area contributed by atoms with Crippen molar-refractivity contribution in [2.75, 3.05) is 0 Å². The van der Waals surface area contributed by atoms with E-state index in [2.05, 4.69) is 10.3 Å². The van der Waals surface area contributed by atoms with Crippen LogP contribution in [-0.2, 0) is 17.8 Å². The largest absolute Gasteiger partial charge is 0.489 e. The van der Waals surface area contributed by atoms with Gasteiger partial charge in [0, 0.05) is 10.0 Å². The number of hydrogen-bond donors (Lipinski definition) is 2. The van der Waals surface area contributed by atoms with Crippen molar-refractivity contribution in [2.45, 2.75) is 13.0 Å². The molecule has 0 bridgehead atoms. The second kappa shape index (κ2) is 9.96. The SMILES string of the molecule is NC(=Nc1ccc(OCc2ccccc2)cc1)NC(=O)Cc1c(Cl)cccc1Cl. The Morgan fingerprint density at radius 1 is 0.931 bits per heavy atom. The molecule has 0 aromatic heterocycles. The minimum Gasteiger partial charge on any atom is -0.489 e. The number of hydrogen-bond acceptors (Lipinski definition) is 3. The fourth-order valence-corrected chi connectivity index (χ4v) is 3.10. The number of rotatable bonds is 6. The highest BCUT2D eigenvalue weighted by Gasteiger charge is 2.11. The Morgan fingerprint density at radius 2 is 1.59 bits per heavy atom. The van der Waals surface area contributed by atoms with Crippen LogP contribution in [0.3, 0.4) is 0 Å². The highest BCUT2D eigenvalue weighted by molar-refractivity contribution is 6.36. The number of nitrogens with zero attached hydrogens (tertiary/aromatic N) is 1. The number of nitrogens with two attached hydrogens (primary N) is 1. The van der Waals surface area contributed by atoms with Crippen molar-refractivity contribution >= 4 is 40.8 Å². The molecule has 0 aliphatic rings. The molecule has 0 saturated heterocycles. The molecule has 0 fully saturated rings. The smallest absolute Gasteiger partial charge is 0.231 e. The summed E-state index contributed by atoms with van der Waals surface area (Å²) < 4.78 is 5.73. The maximum absolute atomic E-state index is 12.2. The lowest BCUT2D eigenvalue weighted by molar-refractivity contribution is -0.119. The molecule has 0 aliphatic carbocycles. The van der Waals surface area contributed by atoms with Gasteiger partial charge in [-0.2, -0.15) is 0 Å². The number of amides is 1. The molecule has 0 spiro atoms. The van der Waals surface area contributed by atoms with Crippen molar-refractivity contribution in [3.63, 3.8) is 0 Å². The molecule has 3 aromatic carbocycles. The molecule has 3 rings (SSSR count). The second-order valence-corrected chi connectivity index (χ2v) is 7.00. The third-order valence-corrected chi connectivity index (χ3v) is 4.71. The summed E-state index contributed by atoms with van der Waals surface area (Å²) in [6.07, 6.45) is 0.000983. The lowest BCUT2D eigenvalue weighted by atomic mass is 10.1. The van der Waals surface area contributed by atoms with Crippen LogP contribution >= 0.6 is 23.2 Å². The molecule has 0 radical (unpaired) electrons. The van der Waals surface area contributed by atoms with E-state index >= 15 is 0 Å². The van der Waals surface area contributed by atoms with Gasteiger partial charge in [0.25, 0.3) is 0 Å². The topological polar surface area (TPSA) is 76.7 Å². The first-order valence-corrected chi connectivity index (χ1v) is 9.60. The molecule has 148 valence electrons. The first-order chi connectivity index (χ1) is 14.0. The lowest BCUT2D eigenvalue weighted by Crippen LogP contribution is -2.37. The zero-order valence-corrected chi connectivity index (χ0v) is 17.0. The maximum Gasteiger partial charge on any atom is 0.231 e. The molecule has 0 atom stereocenters. The molecule has 0 saturated carbocycles. The van der Waals surface area contributed by atoms with Crippen LogP contribution in [0.5, 0.6) is 5.75 Å². The Labute approximate surface area is 179 Å². The normalized spacial score (nSPS) is 11.2. The molecule has 3 aromatic rings. The van der Waals surface area contributed by atoms with E-state index in [1.54, 1.807) is 42.5 Å². The van der Waals surface area contributed by atoms with Crippen molar-refractivity contribution in [2.24, 2.45) is 10.7 Å². The van der Waals surface area contributed by atoms with Crippen LogP contribution in [0.1, 0.15) is 11.1 Å². The minimum absolute atomic E-state index is 0.000983. The zero-order valence-electron chi connectivity index (χ0n) is 15.4. The summed E-state index contributed by atoms with van der Waals surface area (Å²) in [7, 11) is 0. The summed E-state index contributed by atoms with van der Waals surface area (Å²) >= 11 is 12.2. The summed E-state index contributed by atoms with van der Waals surface area (Å²) in [6, 6.07) is 22.0. The Morgan fingerprint density at radius 3 is 2.24 bits per heavy atom. The molecule has 5 nitrogen and oxygen atoms in total. The predicted molar refractivity (Wildman–Crippen MR) is 117 cm³/mol. The van der Waals surface area contributed by atoms with Crippen LogP contribution in [0.2, 0.25) is 10.0 Å². The van der Waals surface area contributed by atoms with Crippen LogP contribution in [-0.4, -0.2) is 11.9 Å². The molecular formula is C22H19Cl2N3O2. The zero-order chi connectivity index (χ0) is 20.6. The molecule has 29 heavy (non-hydrogen) atoms. The first kappa shape index (κ1) is 20.7. The van der Waals surface area contributed by atoms with Gasteiger partial charge in [-0.15, -0.1) is 0 Å². The predicted octanol–water partition coefficient (Wildman–Crippen LogP) is 4.88. The molecule has 0 heterocycles. The van der Waals surface area contributed by atoms with E-state index in [1.807, 2.05) is 30.3 Å². The number of aliphatic imine (C=N–C) groups is 1. The van der Waals surface area contributed by atoms with E-state index in [-0.39, 0.29) is 18.3 Å². The number of benzene rings is 3. The standard InChI is InChI=1S/C22H19Cl2N3O2/c23-19-7-4-8-20(24)18(19)13-21(28)27-22(25)26-16-9-11-17(12-10-16)29-14-15-5-2-1-3-6-15/h1-12H,13-14H2,(H3,25,26,27,28). The number of ether oxygens (including phenoxy) is 1. The van der Waals surface area contributed by atoms with Crippen LogP contribution in [0, 0.1) is 0 Å². The number of carbonyl (C=O) groups excluding carboxylic acids is 1. The fraction of sp³-hybridized carbons (Fsp3) is 0.0909. The third-order valence-electron chi connectivity index (χ3n) is 4.00. The third kappa shape index (κ3) is 6.24. The van der Waals surface area contributed by atoms with Crippen LogP contribution in [0.25, 0.3) is 0 Å². The van der Waals surface area contributed by atoms with E-state index in [1.165, 1.54) is 0 Å². The molecule has 3 N–H and O–H groups in total. The first-order valence-electron chi connectivity index (χ1n) is 8.85. The Balaban J connectivity index is 1.56. The summed E-state index contributed by atoms with van der Waals surface area (Å²) in [4.78, 5) is 16.4. The second-order valence-electron chi connectivity index (χ2n) is 6.19. The molecule has 7 heteroatoms. The summed E-state index contributed by atoms with van der Waals surface area (Å²) in [5, 5.41) is 3.38. The van der Waals surface area contributed by atoms with Gasteiger partial charge in [0.2, 0.25) is 11.9 Å². The Bertz CT molecular complexity index is 986. The number of guanidine groups is 1. The number of halogens is 2. The Hall–Kier alpha value is -3.02. The van der Waals surface area contributed by atoms with Gasteiger partial charge in [0.15, 0.2) is 0 Å². The van der Waals surface area contributed by atoms with Gasteiger partial charge in [0.1, 0.15) is 12.4 Å². The van der Waals surface area contributed by atoms with Crippen molar-refractivity contribution in [1.29, 1.82) is 0 Å². The van der Waals surface area contributed by atoms with E-state index in [0.717, 1.165) is 5.56 Å². The highest BCUT2D eigenvalue weighted by Crippen LogP contribution is 2.24. The van der Waals surface area contributed by atoms with E-state index in [0.29, 0.717) is 33.7 Å². The van der Waals surface area contributed by atoms with E-state index < -0.39 is 0 Å². The van der Waals surface area contributed by atoms with Crippen LogP contribution in [0.15, 0.2) is 77.8 Å². The number of nitrogens with one attached hydrogen (secondary N) is 1. The van der Waals surface area contributed by atoms with Gasteiger partial charge in [-0.1, -0.05) is 59.6 Å². The van der Waals surface area contributed by atoms with Gasteiger partial charge >= 0.3 is 0 Å². The minimum atomic E-state index is -0.357. The summed E-state index contributed by atoms with van der Waals surface area (Å²) in [5.74, 6) is 0.337. The summed E-state index contributed by atoms with van der Waals surface area (Å²) in [6.45, 7) is 0.478. The average molecular weight is 428 g/mol. The van der Waals surface area contributed by atoms with Gasteiger partial charge in [-0.25, -0.2) is 4.99 Å². The highest BCUT2D eigenvalue weighted by atomic mass is 35.5. The number of carbonyl (C=O) groups is 1. The lowest BCUT2D eigenvalue weighted by Gasteiger charge is -2.08. The van der Waals surface area contributed by atoms with Crippen molar-refractivity contribution in [3.05, 3.63) is 94.0 Å². The van der Waals surface area contributed by atoms with Crippen molar-refractivity contribution in [1.82, 2.24) is 5.32 Å². The van der Waals surface area contributed by atoms with Crippen LogP contribution in [0.4, 0.5) is 5.69 Å².